The Bertz CT molecular complexity index is 2770. The lowest BCUT2D eigenvalue weighted by Crippen LogP contribution is -2.17. The topological polar surface area (TPSA) is 33.6 Å². The molecule has 0 atom stereocenters. The number of para-hydroxylation sites is 3. The van der Waals surface area contributed by atoms with Crippen LogP contribution in [0.5, 0.6) is 0 Å². The van der Waals surface area contributed by atoms with E-state index in [9.17, 15) is 5.26 Å². The number of hydrogen-bond acceptors (Lipinski definition) is 1. The van der Waals surface area contributed by atoms with Crippen LogP contribution in [0, 0.1) is 23.2 Å². The molecule has 0 spiro atoms. The smallest absolute Gasteiger partial charge is 0.105 e. The Morgan fingerprint density at radius 3 is 2.28 bits per heavy atom. The van der Waals surface area contributed by atoms with Gasteiger partial charge >= 0.3 is 0 Å². The first-order valence-corrected chi connectivity index (χ1v) is 17.5. The predicted molar refractivity (Wildman–Crippen MR) is 207 cm³/mol. The molecule has 0 amide bonds. The van der Waals surface area contributed by atoms with Crippen LogP contribution in [-0.2, 0) is 5.41 Å². The molecule has 0 radical (unpaired) electrons. The average Bonchev–Trinajstić information content (AvgIpc) is 3.64. The zero-order chi connectivity index (χ0) is 33.6. The molecule has 0 unspecified atom stereocenters. The maximum Gasteiger partial charge on any atom is 0.105 e. The molecule has 7 aromatic rings. The fourth-order valence-corrected chi connectivity index (χ4v) is 8.93. The molecule has 50 heavy (non-hydrogen) atoms. The van der Waals surface area contributed by atoms with E-state index in [0.29, 0.717) is 12.0 Å². The summed E-state index contributed by atoms with van der Waals surface area (Å²) in [6.45, 7) is 4.68. The van der Waals surface area contributed by atoms with E-state index in [-0.39, 0.29) is 5.41 Å². The molecule has 5 aromatic carbocycles. The first-order chi connectivity index (χ1) is 24.6. The van der Waals surface area contributed by atoms with Gasteiger partial charge in [0.1, 0.15) is 11.8 Å². The van der Waals surface area contributed by atoms with Crippen molar-refractivity contribution in [2.24, 2.45) is 0 Å². The van der Waals surface area contributed by atoms with Crippen molar-refractivity contribution in [1.82, 2.24) is 9.13 Å². The third kappa shape index (κ3) is 3.87. The number of benzene rings is 5. The van der Waals surface area contributed by atoms with Crippen molar-refractivity contribution < 1.29 is 0 Å². The van der Waals surface area contributed by atoms with Gasteiger partial charge in [-0.05, 0) is 70.9 Å². The van der Waals surface area contributed by atoms with Crippen LogP contribution < -0.4 is 0 Å². The largest absolute Gasteiger partial charge is 0.310 e. The maximum absolute atomic E-state index is 10.8. The van der Waals surface area contributed by atoms with Gasteiger partial charge in [-0.25, -0.2) is 0 Å². The molecule has 0 saturated heterocycles. The van der Waals surface area contributed by atoms with E-state index < -0.39 is 0 Å². The second kappa shape index (κ2) is 10.6. The van der Waals surface area contributed by atoms with Gasteiger partial charge in [0.05, 0.1) is 27.8 Å². The summed E-state index contributed by atoms with van der Waals surface area (Å²) in [6, 6.07) is 39.5. The number of rotatable bonds is 3. The predicted octanol–water partition coefficient (Wildman–Crippen LogP) is 11.4. The van der Waals surface area contributed by atoms with E-state index in [1.807, 2.05) is 12.1 Å². The second-order valence-corrected chi connectivity index (χ2v) is 14.1. The first-order valence-electron chi connectivity index (χ1n) is 17.5. The Hall–Kier alpha value is -6.29. The van der Waals surface area contributed by atoms with Gasteiger partial charge in [-0.3, -0.25) is 4.57 Å². The summed E-state index contributed by atoms with van der Waals surface area (Å²) in [7, 11) is 0. The molecule has 10 rings (SSSR count). The molecule has 0 aliphatic heterocycles. The fraction of sp³-hybridized carbons (Fsp3) is 0.128. The number of allylic oxidation sites excluding steroid dienone is 5. The number of hydrogen-bond donors (Lipinski definition) is 0. The molecular weight excluding hydrogens is 607 g/mol. The van der Waals surface area contributed by atoms with Gasteiger partial charge in [0, 0.05) is 44.8 Å². The van der Waals surface area contributed by atoms with Crippen molar-refractivity contribution in [1.29, 1.82) is 5.26 Å². The normalized spacial score (nSPS) is 15.5. The third-order valence-electron chi connectivity index (χ3n) is 11.1. The average molecular weight is 640 g/mol. The van der Waals surface area contributed by atoms with E-state index in [1.54, 1.807) is 0 Å². The SMILES string of the molecule is CC1(C)c2ccccc2-c2ccc3c4c(n(-c5c(C#N)cccc5C5=CC(n6c7ccccc7c7ccccc76)=CCC5)c3c21)C#CCC=C4. The summed E-state index contributed by atoms with van der Waals surface area (Å²) in [5.41, 5.74) is 15.6. The lowest BCUT2D eigenvalue weighted by Gasteiger charge is -2.25. The van der Waals surface area contributed by atoms with Crippen LogP contribution in [0.25, 0.3) is 66.9 Å². The molecule has 236 valence electrons. The fourth-order valence-electron chi connectivity index (χ4n) is 8.93. The molecule has 0 saturated carbocycles. The van der Waals surface area contributed by atoms with E-state index >= 15 is 0 Å². The zero-order valence-electron chi connectivity index (χ0n) is 28.1. The van der Waals surface area contributed by atoms with Gasteiger partial charge in [0.15, 0.2) is 0 Å². The summed E-state index contributed by atoms with van der Waals surface area (Å²) in [5, 5.41) is 14.5. The lowest BCUT2D eigenvalue weighted by molar-refractivity contribution is 0.663. The first kappa shape index (κ1) is 28.7. The summed E-state index contributed by atoms with van der Waals surface area (Å²) in [5.74, 6) is 6.99. The van der Waals surface area contributed by atoms with Gasteiger partial charge in [-0.15, -0.1) is 0 Å². The number of fused-ring (bicyclic) bond motifs is 10. The minimum Gasteiger partial charge on any atom is -0.310 e. The molecule has 3 aliphatic rings. The van der Waals surface area contributed by atoms with E-state index in [2.05, 4.69) is 156 Å². The number of aromatic nitrogens is 2. The Labute approximate surface area is 291 Å². The van der Waals surface area contributed by atoms with Gasteiger partial charge < -0.3 is 4.57 Å². The van der Waals surface area contributed by atoms with Crippen LogP contribution in [0.4, 0.5) is 0 Å². The van der Waals surface area contributed by atoms with E-state index in [4.69, 9.17) is 0 Å². The van der Waals surface area contributed by atoms with Crippen molar-refractivity contribution >= 4 is 50.1 Å². The van der Waals surface area contributed by atoms with Crippen LogP contribution in [0.2, 0.25) is 0 Å². The van der Waals surface area contributed by atoms with Crippen molar-refractivity contribution in [3.8, 4) is 34.7 Å². The molecule has 0 N–H and O–H groups in total. The second-order valence-electron chi connectivity index (χ2n) is 14.1. The quantitative estimate of drug-likeness (QED) is 0.177. The lowest BCUT2D eigenvalue weighted by atomic mass is 9.81. The highest BCUT2D eigenvalue weighted by Gasteiger charge is 2.39. The highest BCUT2D eigenvalue weighted by Crippen LogP contribution is 2.53. The van der Waals surface area contributed by atoms with Crippen molar-refractivity contribution in [3.05, 3.63) is 155 Å². The Kier molecular flexibility index (Phi) is 6.09. The molecule has 0 bridgehead atoms. The van der Waals surface area contributed by atoms with Gasteiger partial charge in [-0.2, -0.15) is 5.26 Å². The van der Waals surface area contributed by atoms with Gasteiger partial charge in [0.25, 0.3) is 0 Å². The van der Waals surface area contributed by atoms with Crippen LogP contribution in [0.1, 0.15) is 66.6 Å². The minimum atomic E-state index is -0.240. The third-order valence-corrected chi connectivity index (χ3v) is 11.1. The molecule has 3 aliphatic carbocycles. The molecule has 3 nitrogen and oxygen atoms in total. The van der Waals surface area contributed by atoms with Crippen LogP contribution in [0.3, 0.4) is 0 Å². The van der Waals surface area contributed by atoms with Gasteiger partial charge in [-0.1, -0.05) is 123 Å². The highest BCUT2D eigenvalue weighted by molar-refractivity contribution is 6.11. The van der Waals surface area contributed by atoms with Crippen LogP contribution in [0.15, 0.2) is 121 Å². The molecule has 2 aromatic heterocycles. The zero-order valence-corrected chi connectivity index (χ0v) is 28.1. The standard InChI is InChI=1S/C47H33N3/c1-47(2)40-22-9-6-17-34(40)38-26-27-39-37-18-4-3-5-23-43(37)50(46(39)44(38)47)45-31(29-48)15-13-21-33(45)30-14-12-16-32(28-30)49-41-24-10-7-19-35(41)36-20-8-11-25-42(36)49/h4,6-11,13,15-22,24-28H,3,12,14H2,1-2H3. The van der Waals surface area contributed by atoms with E-state index in [0.717, 1.165) is 46.6 Å². The Morgan fingerprint density at radius 2 is 1.48 bits per heavy atom. The molecular formula is C47H33N3. The molecule has 0 fully saturated rings. The van der Waals surface area contributed by atoms with Crippen molar-refractivity contribution in [3.63, 3.8) is 0 Å². The van der Waals surface area contributed by atoms with Crippen LogP contribution in [-0.4, -0.2) is 9.13 Å². The summed E-state index contributed by atoms with van der Waals surface area (Å²) >= 11 is 0. The number of nitriles is 1. The van der Waals surface area contributed by atoms with Crippen LogP contribution >= 0.6 is 0 Å². The van der Waals surface area contributed by atoms with Gasteiger partial charge in [0.2, 0.25) is 0 Å². The molecule has 2 heterocycles. The summed E-state index contributed by atoms with van der Waals surface area (Å²) in [4.78, 5) is 0. The number of nitrogens with zero attached hydrogens (tertiary/aromatic N) is 3. The monoisotopic (exact) mass is 639 g/mol. The Balaban J connectivity index is 1.27. The summed E-state index contributed by atoms with van der Waals surface area (Å²) in [6.07, 6.45) is 11.6. The minimum absolute atomic E-state index is 0.240. The maximum atomic E-state index is 10.8. The summed E-state index contributed by atoms with van der Waals surface area (Å²) < 4.78 is 4.75. The Morgan fingerprint density at radius 1 is 0.740 bits per heavy atom. The molecule has 3 heteroatoms. The van der Waals surface area contributed by atoms with Crippen molar-refractivity contribution in [2.75, 3.05) is 0 Å². The highest BCUT2D eigenvalue weighted by atomic mass is 15.0. The van der Waals surface area contributed by atoms with Crippen molar-refractivity contribution in [2.45, 2.75) is 38.5 Å². The van der Waals surface area contributed by atoms with E-state index in [1.165, 1.54) is 55.0 Å².